The van der Waals surface area contributed by atoms with Crippen molar-refractivity contribution in [2.24, 2.45) is 0 Å². The Hall–Kier alpha value is -1.16. The minimum atomic E-state index is -1.30. The van der Waals surface area contributed by atoms with Gasteiger partial charge in [-0.05, 0) is 12.1 Å². The first-order valence-electron chi connectivity index (χ1n) is 4.72. The summed E-state index contributed by atoms with van der Waals surface area (Å²) in [6.45, 7) is 1.77. The van der Waals surface area contributed by atoms with Crippen LogP contribution in [-0.2, 0) is 15.6 Å². The van der Waals surface area contributed by atoms with E-state index in [1.807, 2.05) is 0 Å². The maximum Gasteiger partial charge on any atom is 0.145 e. The highest BCUT2D eigenvalue weighted by molar-refractivity contribution is 7.85. The second-order valence-corrected chi connectivity index (χ2v) is 4.45. The lowest BCUT2D eigenvalue weighted by molar-refractivity contribution is -0.116. The Morgan fingerprint density at radius 3 is 2.67 bits per heavy atom. The smallest absolute Gasteiger partial charge is 0.145 e. The molecule has 82 valence electrons. The summed E-state index contributed by atoms with van der Waals surface area (Å²) >= 11 is 0. The molecule has 4 heteroatoms. The summed E-state index contributed by atoms with van der Waals surface area (Å²) in [5.41, 5.74) is 0. The molecular formula is C11H14O3S. The van der Waals surface area contributed by atoms with E-state index in [0.29, 0.717) is 17.1 Å². The van der Waals surface area contributed by atoms with E-state index in [0.717, 1.165) is 0 Å². The van der Waals surface area contributed by atoms with Gasteiger partial charge in [0.05, 0.1) is 28.6 Å². The van der Waals surface area contributed by atoms with Crippen LogP contribution in [0.3, 0.4) is 0 Å². The molecule has 0 saturated heterocycles. The summed E-state index contributed by atoms with van der Waals surface area (Å²) in [4.78, 5) is 11.7. The lowest BCUT2D eigenvalue weighted by atomic mass is 10.3. The minimum absolute atomic E-state index is 0.000704. The summed E-state index contributed by atoms with van der Waals surface area (Å²) in [5.74, 6) is 0.635. The van der Waals surface area contributed by atoms with Crippen molar-refractivity contribution in [1.29, 1.82) is 0 Å². The normalized spacial score (nSPS) is 12.1. The molecule has 0 radical (unpaired) electrons. The molecule has 15 heavy (non-hydrogen) atoms. The van der Waals surface area contributed by atoms with Crippen molar-refractivity contribution in [2.75, 3.05) is 12.9 Å². The van der Waals surface area contributed by atoms with Crippen LogP contribution >= 0.6 is 0 Å². The van der Waals surface area contributed by atoms with Crippen molar-refractivity contribution in [3.8, 4) is 5.75 Å². The Morgan fingerprint density at radius 2 is 2.07 bits per heavy atom. The third-order valence-electron chi connectivity index (χ3n) is 2.00. The van der Waals surface area contributed by atoms with Gasteiger partial charge in [0, 0.05) is 6.42 Å². The van der Waals surface area contributed by atoms with Gasteiger partial charge in [-0.15, -0.1) is 0 Å². The molecular weight excluding hydrogens is 212 g/mol. The fourth-order valence-corrected chi connectivity index (χ4v) is 2.39. The third-order valence-corrected chi connectivity index (χ3v) is 3.41. The van der Waals surface area contributed by atoms with Crippen LogP contribution < -0.4 is 4.74 Å². The quantitative estimate of drug-likeness (QED) is 0.768. The first-order valence-corrected chi connectivity index (χ1v) is 6.04. The number of carbonyl (C=O) groups is 1. The van der Waals surface area contributed by atoms with Crippen molar-refractivity contribution in [3.63, 3.8) is 0 Å². The molecule has 0 bridgehead atoms. The number of carbonyl (C=O) groups excluding carboxylic acids is 1. The molecule has 0 aliphatic heterocycles. The monoisotopic (exact) mass is 226 g/mol. The number of benzene rings is 1. The first-order chi connectivity index (χ1) is 7.19. The maximum absolute atomic E-state index is 11.8. The van der Waals surface area contributed by atoms with Crippen LogP contribution in [0.2, 0.25) is 0 Å². The number of hydrogen-bond donors (Lipinski definition) is 0. The molecule has 0 aliphatic carbocycles. The van der Waals surface area contributed by atoms with Gasteiger partial charge in [0.1, 0.15) is 11.5 Å². The summed E-state index contributed by atoms with van der Waals surface area (Å²) < 4.78 is 16.9. The van der Waals surface area contributed by atoms with E-state index in [1.54, 1.807) is 31.2 Å². The zero-order valence-electron chi connectivity index (χ0n) is 8.86. The number of methoxy groups -OCH3 is 1. The van der Waals surface area contributed by atoms with Crippen molar-refractivity contribution < 1.29 is 13.7 Å². The second-order valence-electron chi connectivity index (χ2n) is 3.03. The Labute approximate surface area is 91.9 Å². The van der Waals surface area contributed by atoms with E-state index < -0.39 is 10.8 Å². The molecule has 1 atom stereocenters. The average molecular weight is 226 g/mol. The van der Waals surface area contributed by atoms with E-state index in [9.17, 15) is 9.00 Å². The fourth-order valence-electron chi connectivity index (χ4n) is 1.13. The second kappa shape index (κ2) is 5.66. The molecule has 0 fully saturated rings. The van der Waals surface area contributed by atoms with E-state index in [4.69, 9.17) is 4.74 Å². The predicted molar refractivity (Wildman–Crippen MR) is 59.6 cm³/mol. The Kier molecular flexibility index (Phi) is 4.49. The number of rotatable bonds is 5. The number of ether oxygens (including phenoxy) is 1. The van der Waals surface area contributed by atoms with Crippen LogP contribution in [0.25, 0.3) is 0 Å². The largest absolute Gasteiger partial charge is 0.495 e. The Balaban J connectivity index is 2.86. The third kappa shape index (κ3) is 3.16. The molecule has 0 heterocycles. The molecule has 0 spiro atoms. The summed E-state index contributed by atoms with van der Waals surface area (Å²) in [7, 11) is 0.226. The van der Waals surface area contributed by atoms with Gasteiger partial charge in [-0.1, -0.05) is 19.1 Å². The highest BCUT2D eigenvalue weighted by Gasteiger charge is 2.12. The predicted octanol–water partition coefficient (Wildman–Crippen LogP) is 1.78. The standard InChI is InChI=1S/C11H14O3S/c1-3-9(12)8-15(13)11-7-5-4-6-10(11)14-2/h4-7H,3,8H2,1-2H3. The van der Waals surface area contributed by atoms with Crippen molar-refractivity contribution in [3.05, 3.63) is 24.3 Å². The number of hydrogen-bond acceptors (Lipinski definition) is 3. The van der Waals surface area contributed by atoms with Gasteiger partial charge in [0.2, 0.25) is 0 Å². The van der Waals surface area contributed by atoms with Gasteiger partial charge < -0.3 is 4.74 Å². The fraction of sp³-hybridized carbons (Fsp3) is 0.364. The summed E-state index contributed by atoms with van der Waals surface area (Å²) in [6, 6.07) is 7.05. The Bertz CT molecular complexity index is 374. The molecule has 0 aromatic heterocycles. The molecule has 0 N–H and O–H groups in total. The minimum Gasteiger partial charge on any atom is -0.495 e. The number of para-hydroxylation sites is 1. The van der Waals surface area contributed by atoms with Crippen LogP contribution in [0.5, 0.6) is 5.75 Å². The van der Waals surface area contributed by atoms with Crippen molar-refractivity contribution in [1.82, 2.24) is 0 Å². The Morgan fingerprint density at radius 1 is 1.40 bits per heavy atom. The number of Topliss-reactive ketones (excluding diaryl/α,β-unsaturated/α-hetero) is 1. The molecule has 1 unspecified atom stereocenters. The molecule has 1 aromatic rings. The van der Waals surface area contributed by atoms with Crippen LogP contribution in [0, 0.1) is 0 Å². The topological polar surface area (TPSA) is 43.4 Å². The lowest BCUT2D eigenvalue weighted by Gasteiger charge is -2.06. The van der Waals surface area contributed by atoms with E-state index >= 15 is 0 Å². The molecule has 0 amide bonds. The average Bonchev–Trinajstić information content (AvgIpc) is 2.28. The van der Waals surface area contributed by atoms with Gasteiger partial charge in [0.15, 0.2) is 0 Å². The zero-order chi connectivity index (χ0) is 11.3. The van der Waals surface area contributed by atoms with Crippen molar-refractivity contribution in [2.45, 2.75) is 18.2 Å². The highest BCUT2D eigenvalue weighted by atomic mass is 32.2. The van der Waals surface area contributed by atoms with Gasteiger partial charge in [-0.2, -0.15) is 0 Å². The van der Waals surface area contributed by atoms with Gasteiger partial charge in [0.25, 0.3) is 0 Å². The van der Waals surface area contributed by atoms with Gasteiger partial charge in [-0.25, -0.2) is 0 Å². The number of ketones is 1. The van der Waals surface area contributed by atoms with Crippen LogP contribution in [-0.4, -0.2) is 22.9 Å². The molecule has 0 aliphatic rings. The zero-order valence-corrected chi connectivity index (χ0v) is 9.67. The first kappa shape index (κ1) is 11.9. The van der Waals surface area contributed by atoms with E-state index in [2.05, 4.69) is 0 Å². The molecule has 3 nitrogen and oxygen atoms in total. The molecule has 1 aromatic carbocycles. The van der Waals surface area contributed by atoms with Gasteiger partial charge >= 0.3 is 0 Å². The van der Waals surface area contributed by atoms with E-state index in [1.165, 1.54) is 7.11 Å². The highest BCUT2D eigenvalue weighted by Crippen LogP contribution is 2.21. The lowest BCUT2D eigenvalue weighted by Crippen LogP contribution is -2.10. The van der Waals surface area contributed by atoms with Crippen LogP contribution in [0.4, 0.5) is 0 Å². The SMILES string of the molecule is CCC(=O)CS(=O)c1ccccc1OC. The van der Waals surface area contributed by atoms with Crippen LogP contribution in [0.1, 0.15) is 13.3 Å². The summed E-state index contributed by atoms with van der Waals surface area (Å²) in [5, 5.41) is 0. The maximum atomic E-state index is 11.8. The molecule has 1 rings (SSSR count). The summed E-state index contributed by atoms with van der Waals surface area (Å²) in [6.07, 6.45) is 0.418. The molecule has 0 saturated carbocycles. The van der Waals surface area contributed by atoms with E-state index in [-0.39, 0.29) is 11.5 Å². The van der Waals surface area contributed by atoms with Crippen LogP contribution in [0.15, 0.2) is 29.2 Å². The van der Waals surface area contributed by atoms with Gasteiger partial charge in [-0.3, -0.25) is 9.00 Å². The van der Waals surface area contributed by atoms with Crippen molar-refractivity contribution >= 4 is 16.6 Å².